The van der Waals surface area contributed by atoms with Gasteiger partial charge in [-0.05, 0) is 43.0 Å². The molecule has 0 saturated heterocycles. The monoisotopic (exact) mass is 367 g/mol. The van der Waals surface area contributed by atoms with Gasteiger partial charge in [0, 0.05) is 49.1 Å². The van der Waals surface area contributed by atoms with Crippen LogP contribution in [0.3, 0.4) is 0 Å². The van der Waals surface area contributed by atoms with E-state index < -0.39 is 0 Å². The predicted octanol–water partition coefficient (Wildman–Crippen LogP) is 2.15. The summed E-state index contributed by atoms with van der Waals surface area (Å²) in [6.45, 7) is 6.03. The number of benzene rings is 1. The SMILES string of the molecule is CCN1CCC(NCC2CC2)=C(C(N)=Nc2cccc(C(C=O)=CN)c2)C1. The zero-order valence-corrected chi connectivity index (χ0v) is 15.9. The van der Waals surface area contributed by atoms with Gasteiger partial charge in [-0.2, -0.15) is 0 Å². The van der Waals surface area contributed by atoms with Gasteiger partial charge in [0.2, 0.25) is 0 Å². The van der Waals surface area contributed by atoms with Gasteiger partial charge in [-0.25, -0.2) is 4.99 Å². The molecule has 0 radical (unpaired) electrons. The third kappa shape index (κ3) is 4.98. The molecule has 1 fully saturated rings. The van der Waals surface area contributed by atoms with Crippen molar-refractivity contribution in [2.45, 2.75) is 26.2 Å². The van der Waals surface area contributed by atoms with Crippen LogP contribution in [-0.2, 0) is 4.79 Å². The summed E-state index contributed by atoms with van der Waals surface area (Å²) in [5, 5.41) is 3.61. The highest BCUT2D eigenvalue weighted by Gasteiger charge is 2.24. The Morgan fingerprint density at radius 1 is 1.41 bits per heavy atom. The lowest BCUT2D eigenvalue weighted by Crippen LogP contribution is -2.39. The topological polar surface area (TPSA) is 96.7 Å². The first kappa shape index (κ1) is 19.2. The second-order valence-electron chi connectivity index (χ2n) is 7.19. The summed E-state index contributed by atoms with van der Waals surface area (Å²) in [6.07, 6.45) is 5.66. The first-order chi connectivity index (χ1) is 13.1. The number of hydrogen-bond donors (Lipinski definition) is 3. The van der Waals surface area contributed by atoms with Gasteiger partial charge in [0.05, 0.1) is 5.69 Å². The summed E-state index contributed by atoms with van der Waals surface area (Å²) in [4.78, 5) is 18.1. The molecule has 5 N–H and O–H groups in total. The highest BCUT2D eigenvalue weighted by atomic mass is 16.1. The number of rotatable bonds is 8. The molecule has 6 nitrogen and oxygen atoms in total. The Labute approximate surface area is 161 Å². The van der Waals surface area contributed by atoms with Crippen molar-refractivity contribution in [3.8, 4) is 0 Å². The van der Waals surface area contributed by atoms with Crippen LogP contribution in [0.25, 0.3) is 5.57 Å². The van der Waals surface area contributed by atoms with E-state index in [0.29, 0.717) is 17.1 Å². The fourth-order valence-corrected chi connectivity index (χ4v) is 3.27. The largest absolute Gasteiger partial charge is 0.404 e. The maximum absolute atomic E-state index is 11.1. The zero-order valence-electron chi connectivity index (χ0n) is 15.9. The van der Waals surface area contributed by atoms with Gasteiger partial charge >= 0.3 is 0 Å². The Kier molecular flexibility index (Phi) is 6.29. The molecule has 0 spiro atoms. The van der Waals surface area contributed by atoms with Gasteiger partial charge in [0.15, 0.2) is 6.29 Å². The van der Waals surface area contributed by atoms with E-state index in [2.05, 4.69) is 22.1 Å². The third-order valence-corrected chi connectivity index (χ3v) is 5.22. The minimum atomic E-state index is 0.437. The predicted molar refractivity (Wildman–Crippen MR) is 110 cm³/mol. The summed E-state index contributed by atoms with van der Waals surface area (Å²) in [5.74, 6) is 1.34. The summed E-state index contributed by atoms with van der Waals surface area (Å²) in [5.41, 5.74) is 16.1. The number of likely N-dealkylation sites (N-methyl/N-ethyl adjacent to an activating group) is 1. The van der Waals surface area contributed by atoms with Crippen LogP contribution in [0, 0.1) is 5.92 Å². The molecule has 1 aliphatic carbocycles. The van der Waals surface area contributed by atoms with Crippen LogP contribution in [0.15, 0.2) is 46.7 Å². The molecule has 0 unspecified atom stereocenters. The molecule has 0 amide bonds. The molecule has 2 aliphatic rings. The second kappa shape index (κ2) is 8.86. The second-order valence-corrected chi connectivity index (χ2v) is 7.19. The maximum atomic E-state index is 11.1. The number of carbonyl (C=O) groups is 1. The Bertz CT molecular complexity index is 777. The van der Waals surface area contributed by atoms with Crippen LogP contribution in [-0.4, -0.2) is 43.2 Å². The summed E-state index contributed by atoms with van der Waals surface area (Å²) >= 11 is 0. The molecule has 1 aromatic carbocycles. The number of allylic oxidation sites excluding steroid dienone is 1. The van der Waals surface area contributed by atoms with E-state index in [1.807, 2.05) is 24.3 Å². The van der Waals surface area contributed by atoms with Crippen molar-refractivity contribution in [1.82, 2.24) is 10.2 Å². The van der Waals surface area contributed by atoms with Gasteiger partial charge in [-0.3, -0.25) is 9.69 Å². The number of nitrogens with zero attached hydrogens (tertiary/aromatic N) is 2. The highest BCUT2D eigenvalue weighted by Crippen LogP contribution is 2.29. The number of nitrogens with one attached hydrogen (secondary N) is 1. The highest BCUT2D eigenvalue weighted by molar-refractivity contribution is 6.07. The Morgan fingerprint density at radius 2 is 2.22 bits per heavy atom. The molecule has 1 aromatic rings. The molecule has 0 atom stereocenters. The summed E-state index contributed by atoms with van der Waals surface area (Å²) in [6, 6.07) is 7.41. The van der Waals surface area contributed by atoms with Crippen LogP contribution in [0.5, 0.6) is 0 Å². The smallest absolute Gasteiger partial charge is 0.152 e. The number of aliphatic imine (C=N–C) groups is 1. The zero-order chi connectivity index (χ0) is 19.2. The minimum absolute atomic E-state index is 0.437. The van der Waals surface area contributed by atoms with E-state index in [-0.39, 0.29) is 0 Å². The number of carbonyl (C=O) groups excluding carboxylic acids is 1. The van der Waals surface area contributed by atoms with Crippen LogP contribution >= 0.6 is 0 Å². The van der Waals surface area contributed by atoms with Crippen molar-refractivity contribution >= 4 is 23.4 Å². The standard InChI is InChI=1S/C21H29N5O/c1-2-26-9-8-20(24-12-15-6-7-15)19(13-26)21(23)25-18-5-3-4-16(10-18)17(11-22)14-27/h3-5,10-11,14-15,24H,2,6-9,12-13,22H2,1H3,(H2,23,25). The van der Waals surface area contributed by atoms with E-state index in [1.165, 1.54) is 24.7 Å². The summed E-state index contributed by atoms with van der Waals surface area (Å²) < 4.78 is 0. The van der Waals surface area contributed by atoms with Crippen LogP contribution in [0.4, 0.5) is 5.69 Å². The quantitative estimate of drug-likeness (QED) is 0.283. The van der Waals surface area contributed by atoms with Crippen molar-refractivity contribution in [3.05, 3.63) is 47.3 Å². The van der Waals surface area contributed by atoms with Gasteiger partial charge in [-0.15, -0.1) is 0 Å². The van der Waals surface area contributed by atoms with Gasteiger partial charge in [0.25, 0.3) is 0 Å². The van der Waals surface area contributed by atoms with E-state index >= 15 is 0 Å². The number of amidine groups is 1. The van der Waals surface area contributed by atoms with Gasteiger partial charge < -0.3 is 16.8 Å². The molecule has 0 bridgehead atoms. The average Bonchev–Trinajstić information content (AvgIpc) is 3.52. The van der Waals surface area contributed by atoms with E-state index in [9.17, 15) is 4.79 Å². The Balaban J connectivity index is 1.86. The van der Waals surface area contributed by atoms with Gasteiger partial charge in [0.1, 0.15) is 5.84 Å². The van der Waals surface area contributed by atoms with E-state index in [4.69, 9.17) is 11.5 Å². The number of nitrogens with two attached hydrogens (primary N) is 2. The lowest BCUT2D eigenvalue weighted by molar-refractivity contribution is -0.103. The Morgan fingerprint density at radius 3 is 2.89 bits per heavy atom. The first-order valence-corrected chi connectivity index (χ1v) is 9.64. The van der Waals surface area contributed by atoms with E-state index in [0.717, 1.165) is 55.9 Å². The Hall–Kier alpha value is -2.60. The first-order valence-electron chi connectivity index (χ1n) is 9.64. The van der Waals surface area contributed by atoms with Crippen molar-refractivity contribution in [1.29, 1.82) is 0 Å². The molecule has 3 rings (SSSR count). The molecule has 0 aromatic heterocycles. The normalized spacial score (nSPS) is 19.3. The molecule has 1 aliphatic heterocycles. The molecule has 27 heavy (non-hydrogen) atoms. The van der Waals surface area contributed by atoms with Crippen molar-refractivity contribution in [2.24, 2.45) is 22.4 Å². The van der Waals surface area contributed by atoms with Gasteiger partial charge in [-0.1, -0.05) is 19.1 Å². The fraction of sp³-hybridized carbons (Fsp3) is 0.429. The number of aldehydes is 1. The van der Waals surface area contributed by atoms with Crippen LogP contribution in [0.1, 0.15) is 31.7 Å². The molecular weight excluding hydrogens is 338 g/mol. The third-order valence-electron chi connectivity index (χ3n) is 5.22. The fourth-order valence-electron chi connectivity index (χ4n) is 3.27. The molecule has 144 valence electrons. The average molecular weight is 367 g/mol. The van der Waals surface area contributed by atoms with Crippen molar-refractivity contribution < 1.29 is 4.79 Å². The molecular formula is C21H29N5O. The molecule has 1 heterocycles. The summed E-state index contributed by atoms with van der Waals surface area (Å²) in [7, 11) is 0. The molecule has 6 heteroatoms. The van der Waals surface area contributed by atoms with Crippen LogP contribution < -0.4 is 16.8 Å². The van der Waals surface area contributed by atoms with Crippen molar-refractivity contribution in [2.75, 3.05) is 26.2 Å². The van der Waals surface area contributed by atoms with Crippen LogP contribution in [0.2, 0.25) is 0 Å². The number of hydrogen-bond acceptors (Lipinski definition) is 5. The van der Waals surface area contributed by atoms with E-state index in [1.54, 1.807) is 0 Å². The maximum Gasteiger partial charge on any atom is 0.152 e. The minimum Gasteiger partial charge on any atom is -0.404 e. The lowest BCUT2D eigenvalue weighted by atomic mass is 10.0. The van der Waals surface area contributed by atoms with Crippen molar-refractivity contribution in [3.63, 3.8) is 0 Å². The lowest BCUT2D eigenvalue weighted by Gasteiger charge is -2.30. The molecule has 1 saturated carbocycles.